The minimum atomic E-state index is 0.505. The number of hydrogen-bond acceptors (Lipinski definition) is 5. The molecule has 4 rings (SSSR count). The van der Waals surface area contributed by atoms with Crippen LogP contribution in [0.25, 0.3) is 22.0 Å². The van der Waals surface area contributed by atoms with E-state index < -0.39 is 0 Å². The van der Waals surface area contributed by atoms with Gasteiger partial charge in [0.25, 0.3) is 0 Å². The number of nitrogens with two attached hydrogens (primary N) is 1. The molecule has 0 saturated carbocycles. The van der Waals surface area contributed by atoms with E-state index in [-0.39, 0.29) is 0 Å². The number of nitrogens with zero attached hydrogens (tertiary/aromatic N) is 4. The fourth-order valence-electron chi connectivity index (χ4n) is 3.03. The van der Waals surface area contributed by atoms with E-state index in [2.05, 4.69) is 46.8 Å². The normalized spacial score (nSPS) is 11.0. The Hall–Kier alpha value is -2.93. The van der Waals surface area contributed by atoms with Gasteiger partial charge in [-0.3, -0.25) is 4.98 Å². The second kappa shape index (κ2) is 7.75. The van der Waals surface area contributed by atoms with Crippen LogP contribution >= 0.6 is 15.9 Å². The highest BCUT2D eigenvalue weighted by atomic mass is 79.9. The SMILES string of the molecule is Nc1ccc(-c2cnc3ccc(Br)cc3c2NCCCn2ccnc2)cn1. The van der Waals surface area contributed by atoms with Crippen molar-refractivity contribution in [1.29, 1.82) is 0 Å². The quantitative estimate of drug-likeness (QED) is 0.451. The summed E-state index contributed by atoms with van der Waals surface area (Å²) < 4.78 is 3.10. The Kier molecular flexibility index (Phi) is 5.02. The first kappa shape index (κ1) is 17.5. The molecule has 0 aliphatic rings. The maximum Gasteiger partial charge on any atom is 0.123 e. The summed E-state index contributed by atoms with van der Waals surface area (Å²) >= 11 is 3.57. The summed E-state index contributed by atoms with van der Waals surface area (Å²) in [5, 5.41) is 4.68. The lowest BCUT2D eigenvalue weighted by Crippen LogP contribution is -2.07. The fraction of sp³-hybridized carbons (Fsp3) is 0.150. The maximum atomic E-state index is 5.74. The van der Waals surface area contributed by atoms with Crippen molar-refractivity contribution in [2.75, 3.05) is 17.6 Å². The van der Waals surface area contributed by atoms with Crippen molar-refractivity contribution in [3.05, 3.63) is 65.9 Å². The molecular formula is C20H19BrN6. The molecule has 3 N–H and O–H groups in total. The number of fused-ring (bicyclic) bond motifs is 1. The van der Waals surface area contributed by atoms with E-state index in [1.807, 2.05) is 43.0 Å². The lowest BCUT2D eigenvalue weighted by Gasteiger charge is -2.15. The van der Waals surface area contributed by atoms with Crippen molar-refractivity contribution in [3.63, 3.8) is 0 Å². The van der Waals surface area contributed by atoms with E-state index in [1.165, 1.54) is 0 Å². The van der Waals surface area contributed by atoms with Gasteiger partial charge in [-0.1, -0.05) is 15.9 Å². The van der Waals surface area contributed by atoms with Crippen LogP contribution in [-0.2, 0) is 6.54 Å². The summed E-state index contributed by atoms with van der Waals surface area (Å²) in [5.41, 5.74) is 9.73. The number of hydrogen-bond donors (Lipinski definition) is 2. The third kappa shape index (κ3) is 3.93. The Morgan fingerprint density at radius 3 is 2.81 bits per heavy atom. The highest BCUT2D eigenvalue weighted by molar-refractivity contribution is 9.10. The molecule has 0 bridgehead atoms. The van der Waals surface area contributed by atoms with Gasteiger partial charge in [-0.15, -0.1) is 0 Å². The number of halogens is 1. The highest BCUT2D eigenvalue weighted by Gasteiger charge is 2.11. The average Bonchev–Trinajstić information content (AvgIpc) is 3.19. The topological polar surface area (TPSA) is 81.6 Å². The number of pyridine rings is 2. The molecule has 1 aromatic carbocycles. The molecule has 136 valence electrons. The number of benzene rings is 1. The van der Waals surface area contributed by atoms with Crippen molar-refractivity contribution in [1.82, 2.24) is 19.5 Å². The van der Waals surface area contributed by atoms with Crippen molar-refractivity contribution in [2.24, 2.45) is 0 Å². The Balaban J connectivity index is 1.66. The number of anilines is 2. The largest absolute Gasteiger partial charge is 0.384 e. The van der Waals surface area contributed by atoms with Crippen LogP contribution in [-0.4, -0.2) is 26.1 Å². The van der Waals surface area contributed by atoms with Gasteiger partial charge in [0.2, 0.25) is 0 Å². The lowest BCUT2D eigenvalue weighted by atomic mass is 10.0. The first-order valence-electron chi connectivity index (χ1n) is 8.70. The monoisotopic (exact) mass is 422 g/mol. The molecule has 7 heteroatoms. The minimum absolute atomic E-state index is 0.505. The molecule has 0 unspecified atom stereocenters. The van der Waals surface area contributed by atoms with Gasteiger partial charge in [0, 0.05) is 58.9 Å². The van der Waals surface area contributed by atoms with Crippen molar-refractivity contribution < 1.29 is 0 Å². The number of imidazole rings is 1. The summed E-state index contributed by atoms with van der Waals surface area (Å²) in [6.07, 6.45) is 10.3. The Bertz CT molecular complexity index is 1040. The Morgan fingerprint density at radius 2 is 2.04 bits per heavy atom. The molecule has 3 aromatic heterocycles. The Morgan fingerprint density at radius 1 is 1.11 bits per heavy atom. The van der Waals surface area contributed by atoms with Gasteiger partial charge >= 0.3 is 0 Å². The highest BCUT2D eigenvalue weighted by Crippen LogP contribution is 2.34. The predicted molar refractivity (Wildman–Crippen MR) is 112 cm³/mol. The molecule has 6 nitrogen and oxygen atoms in total. The van der Waals surface area contributed by atoms with Crippen LogP contribution in [0.4, 0.5) is 11.5 Å². The third-order valence-electron chi connectivity index (χ3n) is 4.38. The fourth-order valence-corrected chi connectivity index (χ4v) is 3.39. The van der Waals surface area contributed by atoms with Crippen LogP contribution in [0.2, 0.25) is 0 Å². The molecule has 0 saturated heterocycles. The number of rotatable bonds is 6. The zero-order chi connectivity index (χ0) is 18.6. The van der Waals surface area contributed by atoms with E-state index in [9.17, 15) is 0 Å². The van der Waals surface area contributed by atoms with Gasteiger partial charge in [0.1, 0.15) is 5.82 Å². The maximum absolute atomic E-state index is 5.74. The van der Waals surface area contributed by atoms with Gasteiger partial charge in [-0.25, -0.2) is 9.97 Å². The summed E-state index contributed by atoms with van der Waals surface area (Å²) in [5.74, 6) is 0.505. The molecule has 0 amide bonds. The third-order valence-corrected chi connectivity index (χ3v) is 4.87. The summed E-state index contributed by atoms with van der Waals surface area (Å²) in [6, 6.07) is 9.89. The molecule has 0 fully saturated rings. The zero-order valence-corrected chi connectivity index (χ0v) is 16.2. The van der Waals surface area contributed by atoms with Crippen LogP contribution in [0.1, 0.15) is 6.42 Å². The zero-order valence-electron chi connectivity index (χ0n) is 14.6. The van der Waals surface area contributed by atoms with Gasteiger partial charge < -0.3 is 15.6 Å². The van der Waals surface area contributed by atoms with Crippen LogP contribution in [0, 0.1) is 0 Å². The molecule has 0 atom stereocenters. The van der Waals surface area contributed by atoms with E-state index in [1.54, 1.807) is 12.4 Å². The van der Waals surface area contributed by atoms with Gasteiger partial charge in [0.05, 0.1) is 17.5 Å². The van der Waals surface area contributed by atoms with E-state index in [0.717, 1.165) is 51.7 Å². The molecule has 0 spiro atoms. The Labute approximate surface area is 165 Å². The smallest absolute Gasteiger partial charge is 0.123 e. The molecule has 4 aromatic rings. The summed E-state index contributed by atoms with van der Waals surface area (Å²) in [7, 11) is 0. The molecular weight excluding hydrogens is 404 g/mol. The number of aromatic nitrogens is 4. The van der Waals surface area contributed by atoms with Gasteiger partial charge in [0.15, 0.2) is 0 Å². The van der Waals surface area contributed by atoms with Crippen molar-refractivity contribution in [3.8, 4) is 11.1 Å². The molecule has 3 heterocycles. The summed E-state index contributed by atoms with van der Waals surface area (Å²) in [4.78, 5) is 12.9. The lowest BCUT2D eigenvalue weighted by molar-refractivity contribution is 0.661. The van der Waals surface area contributed by atoms with Crippen molar-refractivity contribution >= 4 is 38.3 Å². The van der Waals surface area contributed by atoms with Crippen LogP contribution < -0.4 is 11.1 Å². The van der Waals surface area contributed by atoms with Crippen LogP contribution in [0.5, 0.6) is 0 Å². The second-order valence-electron chi connectivity index (χ2n) is 6.26. The number of aryl methyl sites for hydroxylation is 1. The molecule has 0 aliphatic heterocycles. The second-order valence-corrected chi connectivity index (χ2v) is 7.18. The molecule has 0 radical (unpaired) electrons. The standard InChI is InChI=1S/C20H19BrN6/c21-15-3-4-18-16(10-15)20(24-6-1-8-27-9-7-23-13-27)17(12-25-18)14-2-5-19(22)26-11-14/h2-5,7,9-13H,1,6,8H2,(H2,22,26)(H,24,25). The first-order valence-corrected chi connectivity index (χ1v) is 9.50. The van der Waals surface area contributed by atoms with E-state index >= 15 is 0 Å². The van der Waals surface area contributed by atoms with E-state index in [4.69, 9.17) is 5.73 Å². The average molecular weight is 423 g/mol. The van der Waals surface area contributed by atoms with Crippen LogP contribution in [0.15, 0.2) is 65.9 Å². The molecule has 0 aliphatic carbocycles. The van der Waals surface area contributed by atoms with Gasteiger partial charge in [-0.05, 0) is 36.8 Å². The number of nitrogens with one attached hydrogen (secondary N) is 1. The number of nitrogen functional groups attached to an aromatic ring is 1. The van der Waals surface area contributed by atoms with Crippen LogP contribution in [0.3, 0.4) is 0 Å². The predicted octanol–water partition coefficient (Wildman–Crippen LogP) is 4.34. The van der Waals surface area contributed by atoms with Crippen molar-refractivity contribution in [2.45, 2.75) is 13.0 Å². The minimum Gasteiger partial charge on any atom is -0.384 e. The van der Waals surface area contributed by atoms with E-state index in [0.29, 0.717) is 5.82 Å². The first-order chi connectivity index (χ1) is 13.2. The van der Waals surface area contributed by atoms with Gasteiger partial charge in [-0.2, -0.15) is 0 Å². The molecule has 27 heavy (non-hydrogen) atoms. The summed E-state index contributed by atoms with van der Waals surface area (Å²) in [6.45, 7) is 1.75.